The zero-order chi connectivity index (χ0) is 20.0. The molecule has 0 radical (unpaired) electrons. The molecular weight excluding hydrogens is 352 g/mol. The van der Waals surface area contributed by atoms with Crippen LogP contribution in [0.3, 0.4) is 0 Å². The number of amides is 1. The van der Waals surface area contributed by atoms with E-state index < -0.39 is 24.2 Å². The van der Waals surface area contributed by atoms with E-state index in [1.54, 1.807) is 24.5 Å². The number of aliphatic hydroxyl groups is 2. The molecule has 0 saturated carbocycles. The SMILES string of the molecule is CO[C@H](/C(=N/OCC(=O)Nc1ccc2[nH]cnc2c1)[C@@H](O)[C@@H](C)O)C(C)C. The predicted octanol–water partition coefficient (Wildman–Crippen LogP) is 1.29. The number of hydrogen-bond donors (Lipinski definition) is 4. The van der Waals surface area contributed by atoms with E-state index in [-0.39, 0.29) is 18.2 Å². The maximum absolute atomic E-state index is 12.1. The van der Waals surface area contributed by atoms with Crippen molar-refractivity contribution in [1.82, 2.24) is 9.97 Å². The highest BCUT2D eigenvalue weighted by Crippen LogP contribution is 2.16. The van der Waals surface area contributed by atoms with Gasteiger partial charge in [0.25, 0.3) is 5.91 Å². The van der Waals surface area contributed by atoms with Gasteiger partial charge in [0.15, 0.2) is 6.61 Å². The van der Waals surface area contributed by atoms with E-state index in [0.29, 0.717) is 5.69 Å². The summed E-state index contributed by atoms with van der Waals surface area (Å²) in [4.78, 5) is 24.3. The molecule has 27 heavy (non-hydrogen) atoms. The standard InChI is InChI=1S/C18H26N4O5/c1-10(2)18(26-4)16(17(25)11(3)23)22-27-8-15(24)21-12-5-6-13-14(7-12)20-9-19-13/h5-7,9-11,17-18,23,25H,8H2,1-4H3,(H,19,20)(H,21,24)/b22-16+/t11-,17+,18+/m1/s1. The summed E-state index contributed by atoms with van der Waals surface area (Å²) < 4.78 is 5.34. The normalized spacial score (nSPS) is 15.6. The molecule has 0 unspecified atom stereocenters. The Morgan fingerprint density at radius 2 is 2.07 bits per heavy atom. The summed E-state index contributed by atoms with van der Waals surface area (Å²) in [6.07, 6.45) is -1.30. The van der Waals surface area contributed by atoms with Crippen LogP contribution in [0.25, 0.3) is 11.0 Å². The Morgan fingerprint density at radius 3 is 2.70 bits per heavy atom. The summed E-state index contributed by atoms with van der Waals surface area (Å²) in [7, 11) is 1.48. The Bertz CT molecular complexity index is 787. The zero-order valence-electron chi connectivity index (χ0n) is 15.8. The van der Waals surface area contributed by atoms with Gasteiger partial charge in [-0.3, -0.25) is 4.79 Å². The molecule has 1 aromatic heterocycles. The summed E-state index contributed by atoms with van der Waals surface area (Å²) in [5.41, 5.74) is 2.31. The molecule has 2 rings (SSSR count). The number of aliphatic hydroxyl groups excluding tert-OH is 2. The maximum atomic E-state index is 12.1. The molecule has 0 fully saturated rings. The average molecular weight is 378 g/mol. The second-order valence-electron chi connectivity index (χ2n) is 6.56. The molecule has 3 atom stereocenters. The molecule has 1 aromatic carbocycles. The second-order valence-corrected chi connectivity index (χ2v) is 6.56. The van der Waals surface area contributed by atoms with E-state index in [1.165, 1.54) is 14.0 Å². The molecule has 148 valence electrons. The number of rotatable bonds is 9. The summed E-state index contributed by atoms with van der Waals surface area (Å²) in [6.45, 7) is 4.85. The van der Waals surface area contributed by atoms with Gasteiger partial charge in [-0.25, -0.2) is 4.98 Å². The number of aromatic amines is 1. The zero-order valence-corrected chi connectivity index (χ0v) is 15.8. The third-order valence-electron chi connectivity index (χ3n) is 3.98. The number of carbonyl (C=O) groups is 1. The fourth-order valence-corrected chi connectivity index (χ4v) is 2.63. The van der Waals surface area contributed by atoms with Crippen LogP contribution in [-0.2, 0) is 14.4 Å². The molecule has 0 aliphatic carbocycles. The van der Waals surface area contributed by atoms with E-state index in [9.17, 15) is 15.0 Å². The Kier molecular flexibility index (Phi) is 7.28. The number of H-pyrrole nitrogens is 1. The molecule has 0 bridgehead atoms. The number of carbonyl (C=O) groups excluding carboxylic acids is 1. The topological polar surface area (TPSA) is 129 Å². The van der Waals surface area contributed by atoms with Crippen molar-refractivity contribution in [2.24, 2.45) is 11.1 Å². The summed E-state index contributed by atoms with van der Waals surface area (Å²) in [6, 6.07) is 5.28. The van der Waals surface area contributed by atoms with Crippen molar-refractivity contribution in [2.45, 2.75) is 39.1 Å². The number of imidazole rings is 1. The van der Waals surface area contributed by atoms with Crippen LogP contribution in [0, 0.1) is 5.92 Å². The minimum atomic E-state index is -1.26. The highest BCUT2D eigenvalue weighted by atomic mass is 16.6. The van der Waals surface area contributed by atoms with Gasteiger partial charge in [-0.15, -0.1) is 0 Å². The molecule has 1 heterocycles. The van der Waals surface area contributed by atoms with Gasteiger partial charge in [-0.2, -0.15) is 0 Å². The third kappa shape index (κ3) is 5.49. The van der Waals surface area contributed by atoms with Crippen molar-refractivity contribution in [3.05, 3.63) is 24.5 Å². The van der Waals surface area contributed by atoms with Crippen molar-refractivity contribution in [1.29, 1.82) is 0 Å². The first kappa shape index (κ1) is 20.8. The van der Waals surface area contributed by atoms with Crippen LogP contribution in [0.1, 0.15) is 20.8 Å². The molecule has 0 spiro atoms. The highest BCUT2D eigenvalue weighted by molar-refractivity contribution is 5.94. The lowest BCUT2D eigenvalue weighted by molar-refractivity contribution is -0.120. The predicted molar refractivity (Wildman–Crippen MR) is 101 cm³/mol. The molecule has 9 heteroatoms. The first-order valence-corrected chi connectivity index (χ1v) is 8.65. The third-order valence-corrected chi connectivity index (χ3v) is 3.98. The van der Waals surface area contributed by atoms with Crippen LogP contribution in [-0.4, -0.2) is 63.8 Å². The van der Waals surface area contributed by atoms with Gasteiger partial charge >= 0.3 is 0 Å². The molecule has 2 aromatic rings. The number of hydrogen-bond acceptors (Lipinski definition) is 7. The minimum Gasteiger partial charge on any atom is -0.390 e. The lowest BCUT2D eigenvalue weighted by Crippen LogP contribution is -2.42. The van der Waals surface area contributed by atoms with Crippen molar-refractivity contribution >= 4 is 28.3 Å². The van der Waals surface area contributed by atoms with Crippen molar-refractivity contribution in [3.8, 4) is 0 Å². The van der Waals surface area contributed by atoms with Crippen LogP contribution in [0.15, 0.2) is 29.7 Å². The monoisotopic (exact) mass is 378 g/mol. The van der Waals surface area contributed by atoms with Crippen LogP contribution < -0.4 is 5.32 Å². The van der Waals surface area contributed by atoms with E-state index in [1.807, 2.05) is 13.8 Å². The quantitative estimate of drug-likeness (QED) is 0.384. The molecule has 0 aliphatic rings. The van der Waals surface area contributed by atoms with Gasteiger partial charge in [0.05, 0.1) is 23.5 Å². The van der Waals surface area contributed by atoms with Crippen molar-refractivity contribution in [2.75, 3.05) is 19.0 Å². The largest absolute Gasteiger partial charge is 0.390 e. The fourth-order valence-electron chi connectivity index (χ4n) is 2.63. The first-order valence-electron chi connectivity index (χ1n) is 8.65. The molecule has 9 nitrogen and oxygen atoms in total. The Labute approximate surface area is 157 Å². The first-order chi connectivity index (χ1) is 12.8. The number of oxime groups is 1. The summed E-state index contributed by atoms with van der Waals surface area (Å²) in [5.74, 6) is -0.432. The van der Waals surface area contributed by atoms with Crippen LogP contribution in [0.5, 0.6) is 0 Å². The highest BCUT2D eigenvalue weighted by Gasteiger charge is 2.29. The number of methoxy groups -OCH3 is 1. The Hall–Kier alpha value is -2.49. The number of anilines is 1. The van der Waals surface area contributed by atoms with Gasteiger partial charge in [0.2, 0.25) is 0 Å². The van der Waals surface area contributed by atoms with Crippen molar-refractivity contribution < 1.29 is 24.6 Å². The van der Waals surface area contributed by atoms with E-state index >= 15 is 0 Å². The van der Waals surface area contributed by atoms with E-state index in [4.69, 9.17) is 9.57 Å². The summed E-state index contributed by atoms with van der Waals surface area (Å²) in [5, 5.41) is 26.4. The van der Waals surface area contributed by atoms with Gasteiger partial charge in [-0.05, 0) is 31.0 Å². The smallest absolute Gasteiger partial charge is 0.265 e. The molecule has 0 saturated heterocycles. The number of nitrogens with zero attached hydrogens (tertiary/aromatic N) is 2. The molecular formula is C18H26N4O5. The molecule has 4 N–H and O–H groups in total. The molecule has 0 aliphatic heterocycles. The lowest BCUT2D eigenvalue weighted by atomic mass is 9.96. The number of ether oxygens (including phenoxy) is 1. The Balaban J connectivity index is 2.01. The average Bonchev–Trinajstić information content (AvgIpc) is 3.07. The van der Waals surface area contributed by atoms with Gasteiger partial charge < -0.3 is 30.1 Å². The number of nitrogens with one attached hydrogen (secondary N) is 2. The van der Waals surface area contributed by atoms with Crippen LogP contribution in [0.4, 0.5) is 5.69 Å². The van der Waals surface area contributed by atoms with Gasteiger partial charge in [0, 0.05) is 12.8 Å². The van der Waals surface area contributed by atoms with E-state index in [0.717, 1.165) is 11.0 Å². The van der Waals surface area contributed by atoms with Gasteiger partial charge in [-0.1, -0.05) is 19.0 Å². The van der Waals surface area contributed by atoms with Crippen LogP contribution in [0.2, 0.25) is 0 Å². The number of aromatic nitrogens is 2. The number of fused-ring (bicyclic) bond motifs is 1. The fraction of sp³-hybridized carbons (Fsp3) is 0.500. The summed E-state index contributed by atoms with van der Waals surface area (Å²) >= 11 is 0. The number of benzene rings is 1. The maximum Gasteiger partial charge on any atom is 0.265 e. The second kappa shape index (κ2) is 9.45. The van der Waals surface area contributed by atoms with Crippen LogP contribution >= 0.6 is 0 Å². The minimum absolute atomic E-state index is 0.0137. The Morgan fingerprint density at radius 1 is 1.33 bits per heavy atom. The van der Waals surface area contributed by atoms with Gasteiger partial charge in [0.1, 0.15) is 17.9 Å². The lowest BCUT2D eigenvalue weighted by Gasteiger charge is -2.25. The van der Waals surface area contributed by atoms with E-state index in [2.05, 4.69) is 20.4 Å². The van der Waals surface area contributed by atoms with Crippen molar-refractivity contribution in [3.63, 3.8) is 0 Å². The molecule has 1 amide bonds.